The molecule has 0 unspecified atom stereocenters. The largest absolute Gasteiger partial charge is 0.300 e. The minimum absolute atomic E-state index is 0.0595. The second-order valence-corrected chi connectivity index (χ2v) is 5.89. The summed E-state index contributed by atoms with van der Waals surface area (Å²) >= 11 is 0. The molecule has 0 spiro atoms. The average molecular weight is 256 g/mol. The van der Waals surface area contributed by atoms with Crippen molar-refractivity contribution < 1.29 is 4.79 Å². The molecule has 3 N–H and O–H groups in total. The fourth-order valence-corrected chi connectivity index (χ4v) is 2.40. The van der Waals surface area contributed by atoms with Gasteiger partial charge in [0.1, 0.15) is 0 Å². The van der Waals surface area contributed by atoms with Crippen molar-refractivity contribution in [1.82, 2.24) is 15.2 Å². The van der Waals surface area contributed by atoms with Crippen LogP contribution in [0, 0.1) is 0 Å². The summed E-state index contributed by atoms with van der Waals surface area (Å²) in [6.45, 7) is 9.16. The predicted molar refractivity (Wildman–Crippen MR) is 73.9 cm³/mol. The number of hydrazine groups is 1. The zero-order chi connectivity index (χ0) is 13.6. The summed E-state index contributed by atoms with van der Waals surface area (Å²) in [5.74, 6) is 4.97. The number of amides is 1. The highest BCUT2D eigenvalue weighted by atomic mass is 16.2. The van der Waals surface area contributed by atoms with Gasteiger partial charge in [0.2, 0.25) is 5.91 Å². The molecule has 1 aliphatic rings. The Balaban J connectivity index is 2.11. The Morgan fingerprint density at radius 2 is 2.00 bits per heavy atom. The first-order valence-corrected chi connectivity index (χ1v) is 6.89. The minimum atomic E-state index is -0.0595. The van der Waals surface area contributed by atoms with Crippen LogP contribution in [0.25, 0.3) is 0 Å². The second-order valence-electron chi connectivity index (χ2n) is 5.89. The predicted octanol–water partition coefficient (Wildman–Crippen LogP) is 0.563. The molecule has 0 aromatic rings. The third-order valence-corrected chi connectivity index (χ3v) is 3.93. The molecule has 1 amide bonds. The SMILES string of the molecule is CN1CCN(CCCCCC(=O)NN)CC1(C)C. The number of nitrogens with one attached hydrogen (secondary N) is 1. The first-order valence-electron chi connectivity index (χ1n) is 6.89. The molecule has 1 aliphatic heterocycles. The molecule has 0 atom stereocenters. The monoisotopic (exact) mass is 256 g/mol. The number of likely N-dealkylation sites (N-methyl/N-ethyl adjacent to an activating group) is 1. The van der Waals surface area contributed by atoms with E-state index in [2.05, 4.69) is 36.1 Å². The number of unbranched alkanes of at least 4 members (excludes halogenated alkanes) is 2. The van der Waals surface area contributed by atoms with Crippen molar-refractivity contribution in [2.45, 2.75) is 45.1 Å². The molecule has 5 heteroatoms. The quantitative estimate of drug-likeness (QED) is 0.315. The number of carbonyl (C=O) groups is 1. The van der Waals surface area contributed by atoms with Crippen LogP contribution in [0.1, 0.15) is 39.5 Å². The fraction of sp³-hybridized carbons (Fsp3) is 0.923. The van der Waals surface area contributed by atoms with Crippen LogP contribution in [0.4, 0.5) is 0 Å². The van der Waals surface area contributed by atoms with Gasteiger partial charge in [-0.2, -0.15) is 0 Å². The lowest BCUT2D eigenvalue weighted by atomic mass is 9.99. The molecule has 0 aliphatic carbocycles. The Morgan fingerprint density at radius 3 is 2.61 bits per heavy atom. The zero-order valence-electron chi connectivity index (χ0n) is 12.0. The third-order valence-electron chi connectivity index (χ3n) is 3.93. The molecule has 18 heavy (non-hydrogen) atoms. The lowest BCUT2D eigenvalue weighted by Crippen LogP contribution is -2.57. The number of nitrogens with two attached hydrogens (primary N) is 1. The van der Waals surface area contributed by atoms with Gasteiger partial charge in [-0.3, -0.25) is 15.1 Å². The van der Waals surface area contributed by atoms with Gasteiger partial charge in [0.25, 0.3) is 0 Å². The van der Waals surface area contributed by atoms with Gasteiger partial charge < -0.3 is 4.90 Å². The Morgan fingerprint density at radius 1 is 1.28 bits per heavy atom. The smallest absolute Gasteiger partial charge is 0.233 e. The molecule has 0 saturated carbocycles. The van der Waals surface area contributed by atoms with E-state index in [-0.39, 0.29) is 11.4 Å². The molecule has 1 heterocycles. The van der Waals surface area contributed by atoms with Crippen LogP contribution < -0.4 is 11.3 Å². The van der Waals surface area contributed by atoms with Gasteiger partial charge in [-0.1, -0.05) is 6.42 Å². The highest BCUT2D eigenvalue weighted by Gasteiger charge is 2.30. The van der Waals surface area contributed by atoms with Crippen molar-refractivity contribution in [3.8, 4) is 0 Å². The lowest BCUT2D eigenvalue weighted by molar-refractivity contribution is -0.121. The van der Waals surface area contributed by atoms with E-state index in [0.29, 0.717) is 6.42 Å². The van der Waals surface area contributed by atoms with Crippen molar-refractivity contribution in [2.75, 3.05) is 33.2 Å². The van der Waals surface area contributed by atoms with Gasteiger partial charge in [0.05, 0.1) is 0 Å². The molecule has 0 radical (unpaired) electrons. The summed E-state index contributed by atoms with van der Waals surface area (Å²) < 4.78 is 0. The van der Waals surface area contributed by atoms with E-state index in [4.69, 9.17) is 5.84 Å². The standard InChI is InChI=1S/C13H28N4O/c1-13(2)11-17(10-9-16(13)3)8-6-4-5-7-12(18)15-14/h4-11,14H2,1-3H3,(H,15,18). The number of hydrogen-bond acceptors (Lipinski definition) is 4. The van der Waals surface area contributed by atoms with Crippen molar-refractivity contribution in [1.29, 1.82) is 0 Å². The number of carbonyl (C=O) groups excluding carboxylic acids is 1. The molecule has 0 bridgehead atoms. The summed E-state index contributed by atoms with van der Waals surface area (Å²) in [4.78, 5) is 15.9. The van der Waals surface area contributed by atoms with Gasteiger partial charge >= 0.3 is 0 Å². The van der Waals surface area contributed by atoms with Crippen LogP contribution in [-0.2, 0) is 4.79 Å². The van der Waals surface area contributed by atoms with Gasteiger partial charge in [-0.25, -0.2) is 5.84 Å². The molecular weight excluding hydrogens is 228 g/mol. The van der Waals surface area contributed by atoms with Crippen LogP contribution in [0.5, 0.6) is 0 Å². The van der Waals surface area contributed by atoms with Gasteiger partial charge in [-0.05, 0) is 40.3 Å². The maximum Gasteiger partial charge on any atom is 0.233 e. The normalized spacial score (nSPS) is 20.9. The number of hydrogen-bond donors (Lipinski definition) is 2. The van der Waals surface area contributed by atoms with E-state index in [1.54, 1.807) is 0 Å². The maximum absolute atomic E-state index is 10.9. The summed E-state index contributed by atoms with van der Waals surface area (Å²) in [5, 5.41) is 0. The number of rotatable bonds is 6. The number of piperazine rings is 1. The van der Waals surface area contributed by atoms with Gasteiger partial charge in [0, 0.05) is 31.6 Å². The Kier molecular flexibility index (Phi) is 6.05. The van der Waals surface area contributed by atoms with Crippen LogP contribution in [-0.4, -0.2) is 54.5 Å². The molecule has 1 rings (SSSR count). The zero-order valence-corrected chi connectivity index (χ0v) is 12.0. The second kappa shape index (κ2) is 7.07. The third kappa shape index (κ3) is 4.92. The van der Waals surface area contributed by atoms with Crippen LogP contribution in [0.3, 0.4) is 0 Å². The number of nitrogens with zero attached hydrogens (tertiary/aromatic N) is 2. The topological polar surface area (TPSA) is 61.6 Å². The van der Waals surface area contributed by atoms with Crippen LogP contribution in [0.2, 0.25) is 0 Å². The minimum Gasteiger partial charge on any atom is -0.300 e. The lowest BCUT2D eigenvalue weighted by Gasteiger charge is -2.45. The Labute approximate surface area is 111 Å². The van der Waals surface area contributed by atoms with E-state index < -0.39 is 0 Å². The van der Waals surface area contributed by atoms with E-state index in [1.165, 1.54) is 0 Å². The first kappa shape index (κ1) is 15.4. The van der Waals surface area contributed by atoms with Crippen molar-refractivity contribution in [2.24, 2.45) is 5.84 Å². The molecule has 0 aromatic heterocycles. The molecule has 0 aromatic carbocycles. The first-order chi connectivity index (χ1) is 8.45. The fourth-order valence-electron chi connectivity index (χ4n) is 2.40. The van der Waals surface area contributed by atoms with E-state index in [9.17, 15) is 4.79 Å². The summed E-state index contributed by atoms with van der Waals surface area (Å²) in [6.07, 6.45) is 3.74. The summed E-state index contributed by atoms with van der Waals surface area (Å²) in [7, 11) is 2.20. The summed E-state index contributed by atoms with van der Waals surface area (Å²) in [5.41, 5.74) is 2.44. The van der Waals surface area contributed by atoms with Gasteiger partial charge in [0.15, 0.2) is 0 Å². The highest BCUT2D eigenvalue weighted by Crippen LogP contribution is 2.19. The molecule has 106 valence electrons. The van der Waals surface area contributed by atoms with Crippen LogP contribution >= 0.6 is 0 Å². The summed E-state index contributed by atoms with van der Waals surface area (Å²) in [6, 6.07) is 0. The Bertz CT molecular complexity index is 268. The molecule has 1 fully saturated rings. The van der Waals surface area contributed by atoms with Crippen LogP contribution in [0.15, 0.2) is 0 Å². The Hall–Kier alpha value is -0.650. The van der Waals surface area contributed by atoms with Crippen molar-refractivity contribution in [3.05, 3.63) is 0 Å². The van der Waals surface area contributed by atoms with E-state index >= 15 is 0 Å². The highest BCUT2D eigenvalue weighted by molar-refractivity contribution is 5.74. The van der Waals surface area contributed by atoms with Crippen molar-refractivity contribution >= 4 is 5.91 Å². The maximum atomic E-state index is 10.9. The molecule has 1 saturated heterocycles. The van der Waals surface area contributed by atoms with E-state index in [1.807, 2.05) is 0 Å². The average Bonchev–Trinajstić information content (AvgIpc) is 2.32. The van der Waals surface area contributed by atoms with E-state index in [0.717, 1.165) is 45.4 Å². The van der Waals surface area contributed by atoms with Gasteiger partial charge in [-0.15, -0.1) is 0 Å². The molecular formula is C13H28N4O. The van der Waals surface area contributed by atoms with Crippen molar-refractivity contribution in [3.63, 3.8) is 0 Å². The molecule has 5 nitrogen and oxygen atoms in total.